The Kier molecular flexibility index (Phi) is 10.6. The molecule has 3 aromatic rings. The molecule has 5 rings (SSSR count). The first-order valence-electron chi connectivity index (χ1n) is 15.2. The molecular formula is C33H40O15. The number of benzene rings is 2. The summed E-state index contributed by atoms with van der Waals surface area (Å²) in [7, 11) is 1.47. The molecular weight excluding hydrogens is 636 g/mol. The van der Waals surface area contributed by atoms with Crippen LogP contribution in [-0.2, 0) is 15.9 Å². The molecule has 0 amide bonds. The lowest BCUT2D eigenvalue weighted by Gasteiger charge is -2.39. The van der Waals surface area contributed by atoms with E-state index in [-0.39, 0.29) is 34.5 Å². The van der Waals surface area contributed by atoms with Crippen molar-refractivity contribution in [2.75, 3.05) is 13.7 Å². The molecule has 2 fully saturated rings. The summed E-state index contributed by atoms with van der Waals surface area (Å²) in [5, 5.41) is 82.9. The summed E-state index contributed by atoms with van der Waals surface area (Å²) in [5.74, 6) is -0.922. The Labute approximate surface area is 274 Å². The van der Waals surface area contributed by atoms with Gasteiger partial charge in [-0.15, -0.1) is 0 Å². The van der Waals surface area contributed by atoms with Crippen molar-refractivity contribution < 1.29 is 69.0 Å². The molecule has 8 N–H and O–H groups in total. The summed E-state index contributed by atoms with van der Waals surface area (Å²) in [5.41, 5.74) is 0.341. The fourth-order valence-electron chi connectivity index (χ4n) is 5.52. The molecule has 2 aliphatic rings. The number of phenolic OH excluding ortho intramolecular Hbond substituents is 1. The molecule has 262 valence electrons. The Morgan fingerprint density at radius 1 is 0.875 bits per heavy atom. The molecule has 0 radical (unpaired) electrons. The van der Waals surface area contributed by atoms with Crippen LogP contribution in [0.1, 0.15) is 26.3 Å². The first kappa shape index (κ1) is 35.5. The van der Waals surface area contributed by atoms with Gasteiger partial charge in [-0.1, -0.05) is 11.6 Å². The fourth-order valence-corrected chi connectivity index (χ4v) is 5.52. The van der Waals surface area contributed by atoms with Crippen LogP contribution in [0.5, 0.6) is 23.0 Å². The van der Waals surface area contributed by atoms with Crippen molar-refractivity contribution in [2.45, 2.75) is 88.6 Å². The van der Waals surface area contributed by atoms with E-state index in [9.17, 15) is 45.6 Å². The minimum absolute atomic E-state index is 0.0725. The topological polar surface area (TPSA) is 238 Å². The van der Waals surface area contributed by atoms with Gasteiger partial charge in [0, 0.05) is 17.2 Å². The fraction of sp³-hybridized carbons (Fsp3) is 0.485. The smallest absolute Gasteiger partial charge is 0.239 e. The van der Waals surface area contributed by atoms with E-state index < -0.39 is 84.9 Å². The monoisotopic (exact) mass is 676 g/mol. The Balaban J connectivity index is 1.71. The number of rotatable bonds is 9. The third kappa shape index (κ3) is 6.74. The summed E-state index contributed by atoms with van der Waals surface area (Å²) in [6.45, 7) is 4.40. The van der Waals surface area contributed by atoms with Crippen molar-refractivity contribution in [3.8, 4) is 34.3 Å². The number of methoxy groups -OCH3 is 1. The van der Waals surface area contributed by atoms with Crippen LogP contribution < -0.4 is 19.6 Å². The first-order chi connectivity index (χ1) is 22.8. The molecule has 10 atom stereocenters. The third-order valence-corrected chi connectivity index (χ3v) is 8.37. The minimum atomic E-state index is -1.77. The summed E-state index contributed by atoms with van der Waals surface area (Å²) < 4.78 is 34.5. The number of allylic oxidation sites excluding steroid dienone is 2. The molecule has 15 heteroatoms. The lowest BCUT2D eigenvalue weighted by molar-refractivity contribution is -0.277. The molecule has 0 aliphatic carbocycles. The molecule has 0 unspecified atom stereocenters. The van der Waals surface area contributed by atoms with E-state index in [1.54, 1.807) is 30.3 Å². The zero-order valence-electron chi connectivity index (χ0n) is 26.6. The number of hydrogen-bond donors (Lipinski definition) is 8. The van der Waals surface area contributed by atoms with Gasteiger partial charge in [-0.3, -0.25) is 4.79 Å². The predicted octanol–water partition coefficient (Wildman–Crippen LogP) is 0.0679. The minimum Gasteiger partial charge on any atom is -0.507 e. The van der Waals surface area contributed by atoms with Gasteiger partial charge in [0.1, 0.15) is 70.9 Å². The Morgan fingerprint density at radius 2 is 1.50 bits per heavy atom. The maximum atomic E-state index is 14.3. The number of ether oxygens (including phenoxy) is 5. The van der Waals surface area contributed by atoms with Crippen LogP contribution in [0.25, 0.3) is 22.3 Å². The van der Waals surface area contributed by atoms with E-state index >= 15 is 0 Å². The number of aromatic hydroxyl groups is 1. The molecule has 2 saturated heterocycles. The average molecular weight is 677 g/mol. The van der Waals surface area contributed by atoms with Gasteiger partial charge >= 0.3 is 0 Å². The van der Waals surface area contributed by atoms with Crippen LogP contribution in [0, 0.1) is 0 Å². The predicted molar refractivity (Wildman–Crippen MR) is 167 cm³/mol. The standard InChI is InChI=1S/C33H40O15/c1-13(2)5-10-17-19(45-33-28(42)26(40)23(37)20(12-34)46-33)11-18(35)21-24(38)31(48-32-27(41)25(39)22(36)14(3)44-32)29(47-30(17)21)15-6-8-16(43-4)9-7-15/h5-9,11,14,20,22-23,25-28,32-37,39-42H,10,12H2,1-4H3/t14-,20+,22+,23+,25-,26-,27-,28+,32-,33-/m0/s1. The van der Waals surface area contributed by atoms with Gasteiger partial charge in [-0.2, -0.15) is 0 Å². The van der Waals surface area contributed by atoms with Crippen LogP contribution in [0.3, 0.4) is 0 Å². The lowest BCUT2D eigenvalue weighted by Crippen LogP contribution is -2.60. The van der Waals surface area contributed by atoms with Crippen LogP contribution >= 0.6 is 0 Å². The number of phenols is 1. The number of aliphatic hydroxyl groups excluding tert-OH is 7. The van der Waals surface area contributed by atoms with Crippen LogP contribution in [-0.4, -0.2) is 116 Å². The van der Waals surface area contributed by atoms with Gasteiger partial charge in [-0.05, 0) is 51.5 Å². The van der Waals surface area contributed by atoms with Crippen molar-refractivity contribution in [3.05, 3.63) is 57.8 Å². The Morgan fingerprint density at radius 3 is 2.10 bits per heavy atom. The Bertz CT molecular complexity index is 1680. The maximum absolute atomic E-state index is 14.3. The van der Waals surface area contributed by atoms with Gasteiger partial charge in [0.05, 0.1) is 19.8 Å². The van der Waals surface area contributed by atoms with E-state index in [1.165, 1.54) is 14.0 Å². The summed E-state index contributed by atoms with van der Waals surface area (Å²) in [4.78, 5) is 14.3. The highest BCUT2D eigenvalue weighted by Crippen LogP contribution is 2.41. The molecule has 0 saturated carbocycles. The second-order valence-electron chi connectivity index (χ2n) is 12.0. The molecule has 15 nitrogen and oxygen atoms in total. The molecule has 2 aliphatic heterocycles. The van der Waals surface area contributed by atoms with Crippen LogP contribution in [0.4, 0.5) is 0 Å². The summed E-state index contributed by atoms with van der Waals surface area (Å²) >= 11 is 0. The van der Waals surface area contributed by atoms with E-state index in [1.807, 2.05) is 13.8 Å². The second kappa shape index (κ2) is 14.4. The van der Waals surface area contributed by atoms with Crippen molar-refractivity contribution in [1.82, 2.24) is 0 Å². The van der Waals surface area contributed by atoms with Gasteiger partial charge in [0.2, 0.25) is 23.8 Å². The normalized spacial score (nSPS) is 30.6. The maximum Gasteiger partial charge on any atom is 0.239 e. The first-order valence-corrected chi connectivity index (χ1v) is 15.2. The van der Waals surface area contributed by atoms with Crippen molar-refractivity contribution in [3.63, 3.8) is 0 Å². The SMILES string of the molecule is COc1ccc(-c2oc3c(CC=C(C)C)c(O[C@H]4O[C@H](CO)[C@@H](O)[C@H](O)[C@H]4O)cc(O)c3c(=O)c2O[C@@H]2O[C@@H](C)[C@@H](O)[C@H](O)[C@@H]2O)cc1. The molecule has 1 aromatic heterocycles. The molecule has 48 heavy (non-hydrogen) atoms. The van der Waals surface area contributed by atoms with E-state index in [0.29, 0.717) is 11.3 Å². The molecule has 2 aromatic carbocycles. The lowest BCUT2D eigenvalue weighted by atomic mass is 9.99. The van der Waals surface area contributed by atoms with Crippen molar-refractivity contribution in [2.24, 2.45) is 0 Å². The third-order valence-electron chi connectivity index (χ3n) is 8.37. The molecule has 3 heterocycles. The largest absolute Gasteiger partial charge is 0.507 e. The van der Waals surface area contributed by atoms with E-state index in [2.05, 4.69) is 0 Å². The zero-order valence-corrected chi connectivity index (χ0v) is 26.6. The Hall–Kier alpha value is -3.77. The van der Waals surface area contributed by atoms with Gasteiger partial charge < -0.3 is 69.0 Å². The van der Waals surface area contributed by atoms with Crippen LogP contribution in [0.15, 0.2) is 51.2 Å². The molecule has 0 spiro atoms. The van der Waals surface area contributed by atoms with Gasteiger partial charge in [-0.25, -0.2) is 0 Å². The second-order valence-corrected chi connectivity index (χ2v) is 12.0. The zero-order chi connectivity index (χ0) is 35.0. The van der Waals surface area contributed by atoms with E-state index in [0.717, 1.165) is 11.6 Å². The van der Waals surface area contributed by atoms with Gasteiger partial charge in [0.25, 0.3) is 0 Å². The van der Waals surface area contributed by atoms with Crippen molar-refractivity contribution >= 4 is 11.0 Å². The average Bonchev–Trinajstić information content (AvgIpc) is 3.06. The highest BCUT2D eigenvalue weighted by molar-refractivity contribution is 5.91. The highest BCUT2D eigenvalue weighted by Gasteiger charge is 2.46. The number of fused-ring (bicyclic) bond motifs is 1. The number of aliphatic hydroxyl groups is 7. The number of hydrogen-bond acceptors (Lipinski definition) is 15. The van der Waals surface area contributed by atoms with Crippen molar-refractivity contribution in [1.29, 1.82) is 0 Å². The molecule has 0 bridgehead atoms. The quantitative estimate of drug-likeness (QED) is 0.140. The summed E-state index contributed by atoms with van der Waals surface area (Å²) in [6, 6.07) is 7.41. The van der Waals surface area contributed by atoms with Gasteiger partial charge in [0.15, 0.2) is 5.76 Å². The van der Waals surface area contributed by atoms with E-state index in [4.69, 9.17) is 28.1 Å². The van der Waals surface area contributed by atoms with Crippen LogP contribution in [0.2, 0.25) is 0 Å². The highest BCUT2D eigenvalue weighted by atomic mass is 16.7. The summed E-state index contributed by atoms with van der Waals surface area (Å²) in [6.07, 6.45) is -13.7.